The summed E-state index contributed by atoms with van der Waals surface area (Å²) in [5.41, 5.74) is 0.324. The van der Waals surface area contributed by atoms with Gasteiger partial charge in [0, 0.05) is 20.5 Å². The Morgan fingerprint density at radius 1 is 0.737 bits per heavy atom. The first-order valence-electron chi connectivity index (χ1n) is 10.4. The monoisotopic (exact) mass is 584 g/mol. The number of ether oxygens (including phenoxy) is 1. The Morgan fingerprint density at radius 3 is 1.63 bits per heavy atom. The lowest BCUT2D eigenvalue weighted by atomic mass is 9.89. The maximum absolute atomic E-state index is 14.1. The van der Waals surface area contributed by atoms with Crippen LogP contribution in [0.25, 0.3) is 0 Å². The molecule has 0 N–H and O–H groups in total. The highest BCUT2D eigenvalue weighted by Crippen LogP contribution is 2.62. The average Bonchev–Trinajstić information content (AvgIpc) is 2.76. The van der Waals surface area contributed by atoms with E-state index in [4.69, 9.17) is 0 Å². The van der Waals surface area contributed by atoms with Crippen LogP contribution in [0.5, 0.6) is 5.75 Å². The van der Waals surface area contributed by atoms with Gasteiger partial charge in [0.1, 0.15) is 5.75 Å². The number of halogens is 14. The average molecular weight is 584 g/mol. The standard InChI is InChI=1S/C21H22F14N2O/c1-6-37(5)10-36-13-7-12(3)14(8-11(13)2)38-9-16(24,25)18(28,29)20(32,33)21(34,35)19(30,31)17(26,27)15(4,22)23/h7-8,10H,6,9H2,1-5H3/b36-10+. The van der Waals surface area contributed by atoms with Crippen molar-refractivity contribution in [1.29, 1.82) is 0 Å². The van der Waals surface area contributed by atoms with E-state index in [-0.39, 0.29) is 16.8 Å². The molecule has 0 unspecified atom stereocenters. The molecule has 0 saturated heterocycles. The van der Waals surface area contributed by atoms with Gasteiger partial charge in [0.15, 0.2) is 6.61 Å². The molecule has 0 radical (unpaired) electrons. The first-order chi connectivity index (χ1) is 16.7. The van der Waals surface area contributed by atoms with Crippen LogP contribution in [0.2, 0.25) is 0 Å². The number of hydrogen-bond acceptors (Lipinski definition) is 2. The molecule has 17 heteroatoms. The van der Waals surface area contributed by atoms with E-state index in [1.807, 2.05) is 0 Å². The number of nitrogens with zero attached hydrogens (tertiary/aromatic N) is 2. The molecule has 3 nitrogen and oxygen atoms in total. The molecule has 0 aromatic heterocycles. The Labute approximate surface area is 207 Å². The first-order valence-corrected chi connectivity index (χ1v) is 10.4. The Kier molecular flexibility index (Phi) is 9.04. The fraction of sp³-hybridized carbons (Fsp3) is 0.667. The highest BCUT2D eigenvalue weighted by molar-refractivity contribution is 5.64. The summed E-state index contributed by atoms with van der Waals surface area (Å²) in [7, 11) is 1.65. The maximum Gasteiger partial charge on any atom is 0.384 e. The van der Waals surface area contributed by atoms with Gasteiger partial charge in [0.25, 0.3) is 0 Å². The van der Waals surface area contributed by atoms with E-state index in [2.05, 4.69) is 9.73 Å². The van der Waals surface area contributed by atoms with Crippen LogP contribution in [0.1, 0.15) is 25.0 Å². The maximum atomic E-state index is 14.1. The van der Waals surface area contributed by atoms with Gasteiger partial charge in [0.2, 0.25) is 0 Å². The predicted molar refractivity (Wildman–Crippen MR) is 108 cm³/mol. The number of rotatable bonds is 12. The van der Waals surface area contributed by atoms with E-state index in [1.54, 1.807) is 18.9 Å². The third-order valence-corrected chi connectivity index (χ3v) is 5.38. The van der Waals surface area contributed by atoms with E-state index in [1.165, 1.54) is 26.3 Å². The summed E-state index contributed by atoms with van der Waals surface area (Å²) in [6, 6.07) is 2.13. The molecule has 0 bridgehead atoms. The van der Waals surface area contributed by atoms with Crippen LogP contribution in [0.4, 0.5) is 67.2 Å². The molecule has 0 aliphatic carbocycles. The van der Waals surface area contributed by atoms with Gasteiger partial charge in [0.05, 0.1) is 12.0 Å². The van der Waals surface area contributed by atoms with Crippen molar-refractivity contribution in [2.75, 3.05) is 20.2 Å². The SMILES string of the molecule is CCN(C)/C=N/c1cc(C)c(OCC(F)(F)C(F)(F)C(F)(F)C(F)(F)C(F)(F)C(F)(F)C(C)(F)F)cc1C. The van der Waals surface area contributed by atoms with Crippen molar-refractivity contribution in [3.05, 3.63) is 23.3 Å². The van der Waals surface area contributed by atoms with Crippen molar-refractivity contribution in [2.45, 2.75) is 69.2 Å². The van der Waals surface area contributed by atoms with Gasteiger partial charge in [-0.25, -0.2) is 4.99 Å². The number of aryl methyl sites for hydroxylation is 2. The fourth-order valence-electron chi connectivity index (χ4n) is 2.67. The van der Waals surface area contributed by atoms with Crippen molar-refractivity contribution in [3.8, 4) is 5.75 Å². The fourth-order valence-corrected chi connectivity index (χ4v) is 2.67. The van der Waals surface area contributed by atoms with Crippen molar-refractivity contribution < 1.29 is 66.2 Å². The molecule has 1 aromatic carbocycles. The highest BCUT2D eigenvalue weighted by Gasteiger charge is 2.92. The van der Waals surface area contributed by atoms with Crippen molar-refractivity contribution in [2.24, 2.45) is 4.99 Å². The van der Waals surface area contributed by atoms with E-state index in [0.717, 1.165) is 6.07 Å². The molecule has 0 fully saturated rings. The van der Waals surface area contributed by atoms with Crippen LogP contribution in [-0.4, -0.2) is 72.9 Å². The lowest BCUT2D eigenvalue weighted by molar-refractivity contribution is -0.440. The van der Waals surface area contributed by atoms with Crippen LogP contribution in [-0.2, 0) is 0 Å². The molecule has 0 aliphatic rings. The lowest BCUT2D eigenvalue weighted by Gasteiger charge is -2.42. The zero-order chi connectivity index (χ0) is 30.3. The van der Waals surface area contributed by atoms with Crippen LogP contribution < -0.4 is 4.74 Å². The molecular weight excluding hydrogens is 562 g/mol. The van der Waals surface area contributed by atoms with Gasteiger partial charge >= 0.3 is 41.5 Å². The van der Waals surface area contributed by atoms with Crippen LogP contribution in [0, 0.1) is 13.8 Å². The van der Waals surface area contributed by atoms with Gasteiger partial charge in [-0.05, 0) is 44.0 Å². The molecule has 38 heavy (non-hydrogen) atoms. The summed E-state index contributed by atoms with van der Waals surface area (Å²) >= 11 is 0. The zero-order valence-corrected chi connectivity index (χ0v) is 20.2. The molecule has 0 heterocycles. The van der Waals surface area contributed by atoms with Gasteiger partial charge < -0.3 is 9.64 Å². The smallest absolute Gasteiger partial charge is 0.384 e. The van der Waals surface area contributed by atoms with Gasteiger partial charge in [-0.15, -0.1) is 0 Å². The molecular formula is C21H22F14N2O. The minimum Gasteiger partial charge on any atom is -0.487 e. The Hall–Kier alpha value is -2.49. The van der Waals surface area contributed by atoms with Crippen molar-refractivity contribution in [3.63, 3.8) is 0 Å². The number of alkyl halides is 14. The quantitative estimate of drug-likeness (QED) is 0.143. The third kappa shape index (κ3) is 5.46. The van der Waals surface area contributed by atoms with E-state index >= 15 is 0 Å². The second kappa shape index (κ2) is 10.2. The number of benzene rings is 1. The van der Waals surface area contributed by atoms with E-state index < -0.39 is 60.7 Å². The topological polar surface area (TPSA) is 24.8 Å². The Morgan fingerprint density at radius 2 is 1.18 bits per heavy atom. The van der Waals surface area contributed by atoms with Gasteiger partial charge in [-0.1, -0.05) is 0 Å². The van der Waals surface area contributed by atoms with Crippen molar-refractivity contribution >= 4 is 12.0 Å². The highest BCUT2D eigenvalue weighted by atomic mass is 19.4. The van der Waals surface area contributed by atoms with Crippen molar-refractivity contribution in [1.82, 2.24) is 4.90 Å². The minimum atomic E-state index is -8.09. The van der Waals surface area contributed by atoms with Crippen LogP contribution in [0.3, 0.4) is 0 Å². The van der Waals surface area contributed by atoms with E-state index in [9.17, 15) is 61.5 Å². The Balaban J connectivity index is 3.36. The molecule has 0 spiro atoms. The van der Waals surface area contributed by atoms with Crippen LogP contribution >= 0.6 is 0 Å². The molecule has 0 aliphatic heterocycles. The summed E-state index contributed by atoms with van der Waals surface area (Å²) < 4.78 is 195. The summed E-state index contributed by atoms with van der Waals surface area (Å²) in [5, 5.41) is 0. The third-order valence-electron chi connectivity index (χ3n) is 5.38. The zero-order valence-electron chi connectivity index (χ0n) is 20.2. The predicted octanol–water partition coefficient (Wildman–Crippen LogP) is 7.76. The summed E-state index contributed by atoms with van der Waals surface area (Å²) in [5.74, 6) is -52.0. The molecule has 220 valence electrons. The van der Waals surface area contributed by atoms with E-state index in [0.29, 0.717) is 6.54 Å². The first kappa shape index (κ1) is 33.5. The molecule has 1 aromatic rings. The number of hydrogen-bond donors (Lipinski definition) is 0. The summed E-state index contributed by atoms with van der Waals surface area (Å²) in [4.78, 5) is 5.68. The number of aliphatic imine (C=N–C) groups is 1. The molecule has 0 amide bonds. The minimum absolute atomic E-state index is 0.0885. The Bertz CT molecular complexity index is 1020. The summed E-state index contributed by atoms with van der Waals surface area (Å²) in [6.07, 6.45) is 1.37. The van der Waals surface area contributed by atoms with Gasteiger partial charge in [-0.3, -0.25) is 0 Å². The summed E-state index contributed by atoms with van der Waals surface area (Å²) in [6.45, 7) is 0.933. The molecule has 0 saturated carbocycles. The lowest BCUT2D eigenvalue weighted by Crippen LogP contribution is -2.73. The van der Waals surface area contributed by atoms with Gasteiger partial charge in [-0.2, -0.15) is 61.5 Å². The normalized spacial score (nSPS) is 14.8. The second-order valence-corrected chi connectivity index (χ2v) is 8.48. The molecule has 1 rings (SSSR count). The molecule has 0 atom stereocenters. The second-order valence-electron chi connectivity index (χ2n) is 8.48. The van der Waals surface area contributed by atoms with Crippen LogP contribution in [0.15, 0.2) is 17.1 Å². The largest absolute Gasteiger partial charge is 0.487 e.